The summed E-state index contributed by atoms with van der Waals surface area (Å²) in [5.41, 5.74) is 7.11. The fourth-order valence-electron chi connectivity index (χ4n) is 0.892. The summed E-state index contributed by atoms with van der Waals surface area (Å²) in [6, 6.07) is 6.95. The molecule has 1 aromatic carbocycles. The van der Waals surface area contributed by atoms with Crippen LogP contribution >= 0.6 is 0 Å². The van der Waals surface area contributed by atoms with Gasteiger partial charge in [-0.1, -0.05) is 0 Å². The van der Waals surface area contributed by atoms with E-state index in [1.54, 1.807) is 18.2 Å². The molecule has 0 aliphatic rings. The third-order valence-corrected chi connectivity index (χ3v) is 1.55. The Kier molecular flexibility index (Phi) is 3.21. The van der Waals surface area contributed by atoms with Crippen molar-refractivity contribution >= 4 is 24.1 Å². The molecule has 0 fully saturated rings. The molecular formula is C9H9N5. The standard InChI is InChI=1S/C9H9N5/c10-4-7-3-8(1-2-9(7)12)14-6-13-5-11/h1-3,5-6H,12H2,(H2,11,13,14). The van der Waals surface area contributed by atoms with Gasteiger partial charge in [0.05, 0.1) is 11.9 Å². The number of aliphatic imine (C=N–C) groups is 1. The van der Waals surface area contributed by atoms with Crippen molar-refractivity contribution in [2.75, 3.05) is 11.1 Å². The quantitative estimate of drug-likeness (QED) is 0.376. The molecule has 0 amide bonds. The predicted octanol–water partition coefficient (Wildman–Crippen LogP) is 1.19. The van der Waals surface area contributed by atoms with Gasteiger partial charge in [0.2, 0.25) is 0 Å². The van der Waals surface area contributed by atoms with E-state index in [-0.39, 0.29) is 0 Å². The first-order chi connectivity index (χ1) is 6.77. The number of anilines is 2. The van der Waals surface area contributed by atoms with E-state index in [0.29, 0.717) is 16.9 Å². The minimum atomic E-state index is 0.415. The molecule has 0 unspecified atom stereocenters. The molecule has 1 rings (SSSR count). The molecule has 1 aromatic rings. The van der Waals surface area contributed by atoms with Crippen molar-refractivity contribution in [2.45, 2.75) is 0 Å². The first kappa shape index (κ1) is 9.74. The zero-order valence-electron chi connectivity index (χ0n) is 7.36. The first-order valence-corrected chi connectivity index (χ1v) is 3.84. The lowest BCUT2D eigenvalue weighted by Gasteiger charge is -2.01. The van der Waals surface area contributed by atoms with Crippen molar-refractivity contribution in [2.24, 2.45) is 4.99 Å². The topological polar surface area (TPSA) is 98.0 Å². The smallest absolute Gasteiger partial charge is 0.108 e. The number of nitrogens with zero attached hydrogens (tertiary/aromatic N) is 2. The van der Waals surface area contributed by atoms with Crippen molar-refractivity contribution in [1.29, 1.82) is 10.7 Å². The second kappa shape index (κ2) is 4.62. The average molecular weight is 187 g/mol. The Morgan fingerprint density at radius 2 is 2.36 bits per heavy atom. The van der Waals surface area contributed by atoms with Crippen LogP contribution in [0.2, 0.25) is 0 Å². The summed E-state index contributed by atoms with van der Waals surface area (Å²) in [5.74, 6) is 0. The summed E-state index contributed by atoms with van der Waals surface area (Å²) < 4.78 is 0. The van der Waals surface area contributed by atoms with Crippen molar-refractivity contribution in [3.05, 3.63) is 23.8 Å². The average Bonchev–Trinajstić information content (AvgIpc) is 2.21. The molecular weight excluding hydrogens is 178 g/mol. The summed E-state index contributed by atoms with van der Waals surface area (Å²) in [7, 11) is 0. The van der Waals surface area contributed by atoms with Gasteiger partial charge in [-0.15, -0.1) is 0 Å². The normalized spacial score (nSPS) is 9.64. The zero-order chi connectivity index (χ0) is 10.4. The van der Waals surface area contributed by atoms with Crippen LogP contribution in [-0.4, -0.2) is 12.7 Å². The van der Waals surface area contributed by atoms with Gasteiger partial charge in [0.25, 0.3) is 0 Å². The Bertz CT molecular complexity index is 402. The molecule has 70 valence electrons. The number of rotatable bonds is 3. The van der Waals surface area contributed by atoms with Crippen LogP contribution in [0.15, 0.2) is 23.2 Å². The molecule has 4 N–H and O–H groups in total. The summed E-state index contributed by atoms with van der Waals surface area (Å²) in [6.45, 7) is 0. The van der Waals surface area contributed by atoms with Crippen LogP contribution in [0.3, 0.4) is 0 Å². The molecule has 0 aliphatic heterocycles. The van der Waals surface area contributed by atoms with E-state index in [1.165, 1.54) is 6.34 Å². The van der Waals surface area contributed by atoms with Gasteiger partial charge in [-0.2, -0.15) is 5.26 Å². The fourth-order valence-corrected chi connectivity index (χ4v) is 0.892. The number of benzene rings is 1. The first-order valence-electron chi connectivity index (χ1n) is 3.84. The maximum absolute atomic E-state index is 8.69. The van der Waals surface area contributed by atoms with Crippen LogP contribution in [0.4, 0.5) is 11.4 Å². The van der Waals surface area contributed by atoms with Gasteiger partial charge in [-0.25, -0.2) is 4.99 Å². The predicted molar refractivity (Wildman–Crippen MR) is 56.5 cm³/mol. The van der Waals surface area contributed by atoms with Crippen LogP contribution < -0.4 is 11.1 Å². The van der Waals surface area contributed by atoms with E-state index in [1.807, 2.05) is 6.07 Å². The lowest BCUT2D eigenvalue weighted by Crippen LogP contribution is -1.97. The van der Waals surface area contributed by atoms with Crippen LogP contribution in [0.25, 0.3) is 0 Å². The highest BCUT2D eigenvalue weighted by molar-refractivity contribution is 5.82. The van der Waals surface area contributed by atoms with Crippen LogP contribution in [0.5, 0.6) is 0 Å². The molecule has 0 spiro atoms. The largest absolute Gasteiger partial charge is 0.398 e. The minimum absolute atomic E-state index is 0.415. The highest BCUT2D eigenvalue weighted by Gasteiger charge is 1.98. The third kappa shape index (κ3) is 2.32. The van der Waals surface area contributed by atoms with Gasteiger partial charge >= 0.3 is 0 Å². The van der Waals surface area contributed by atoms with E-state index in [4.69, 9.17) is 16.4 Å². The summed E-state index contributed by atoms with van der Waals surface area (Å²) in [6.07, 6.45) is 2.27. The van der Waals surface area contributed by atoms with E-state index in [9.17, 15) is 0 Å². The highest BCUT2D eigenvalue weighted by Crippen LogP contribution is 2.15. The minimum Gasteiger partial charge on any atom is -0.398 e. The zero-order valence-corrected chi connectivity index (χ0v) is 7.36. The van der Waals surface area contributed by atoms with Crippen molar-refractivity contribution in [3.8, 4) is 6.07 Å². The Balaban J connectivity index is 2.85. The van der Waals surface area contributed by atoms with E-state index in [0.717, 1.165) is 6.34 Å². The number of hydrogen-bond acceptors (Lipinski definition) is 3. The van der Waals surface area contributed by atoms with Crippen molar-refractivity contribution < 1.29 is 0 Å². The van der Waals surface area contributed by atoms with Gasteiger partial charge < -0.3 is 11.1 Å². The molecule has 0 aromatic heterocycles. The molecule has 0 radical (unpaired) electrons. The Morgan fingerprint density at radius 1 is 1.57 bits per heavy atom. The van der Waals surface area contributed by atoms with E-state index >= 15 is 0 Å². The van der Waals surface area contributed by atoms with Crippen LogP contribution in [-0.2, 0) is 0 Å². The molecule has 0 heterocycles. The van der Waals surface area contributed by atoms with Gasteiger partial charge in [0, 0.05) is 11.4 Å². The maximum atomic E-state index is 8.69. The van der Waals surface area contributed by atoms with E-state index in [2.05, 4.69) is 10.3 Å². The summed E-state index contributed by atoms with van der Waals surface area (Å²) >= 11 is 0. The van der Waals surface area contributed by atoms with Crippen molar-refractivity contribution in [1.82, 2.24) is 0 Å². The van der Waals surface area contributed by atoms with E-state index < -0.39 is 0 Å². The van der Waals surface area contributed by atoms with Crippen LogP contribution in [0.1, 0.15) is 5.56 Å². The number of nitriles is 1. The molecule has 5 nitrogen and oxygen atoms in total. The fraction of sp³-hybridized carbons (Fsp3) is 0. The molecule has 0 saturated heterocycles. The third-order valence-electron chi connectivity index (χ3n) is 1.55. The Morgan fingerprint density at radius 3 is 3.00 bits per heavy atom. The van der Waals surface area contributed by atoms with Gasteiger partial charge in [0.15, 0.2) is 0 Å². The maximum Gasteiger partial charge on any atom is 0.108 e. The number of nitrogens with two attached hydrogens (primary N) is 1. The second-order valence-electron chi connectivity index (χ2n) is 2.47. The van der Waals surface area contributed by atoms with Crippen LogP contribution in [0, 0.1) is 16.7 Å². The summed E-state index contributed by atoms with van der Waals surface area (Å²) in [5, 5.41) is 18.1. The molecule has 5 heteroatoms. The molecule has 0 bridgehead atoms. The molecule has 0 saturated carbocycles. The molecule has 0 aliphatic carbocycles. The lowest BCUT2D eigenvalue weighted by molar-refractivity contribution is 1.48. The number of nitrogen functional groups attached to an aromatic ring is 1. The number of hydrogen-bond donors (Lipinski definition) is 3. The van der Waals surface area contributed by atoms with Gasteiger partial charge in [-0.3, -0.25) is 5.41 Å². The summed E-state index contributed by atoms with van der Waals surface area (Å²) in [4.78, 5) is 3.54. The highest BCUT2D eigenvalue weighted by atomic mass is 14.9. The Labute approximate surface area is 81.4 Å². The molecule has 0 atom stereocenters. The lowest BCUT2D eigenvalue weighted by atomic mass is 10.2. The van der Waals surface area contributed by atoms with Gasteiger partial charge in [0.1, 0.15) is 12.4 Å². The monoisotopic (exact) mass is 187 g/mol. The molecule has 14 heavy (non-hydrogen) atoms. The van der Waals surface area contributed by atoms with Crippen molar-refractivity contribution in [3.63, 3.8) is 0 Å². The second-order valence-corrected chi connectivity index (χ2v) is 2.47. The number of nitrogens with one attached hydrogen (secondary N) is 2. The SMILES string of the molecule is N#Cc1cc(N/C=N\C=N)ccc1N. The Hall–Kier alpha value is -2.35. The van der Waals surface area contributed by atoms with Gasteiger partial charge in [-0.05, 0) is 18.2 Å².